The van der Waals surface area contributed by atoms with E-state index in [1.54, 1.807) is 0 Å². The topological polar surface area (TPSA) is 58.2 Å². The first-order valence-corrected chi connectivity index (χ1v) is 6.29. The fourth-order valence-electron chi connectivity index (χ4n) is 3.13. The summed E-state index contributed by atoms with van der Waals surface area (Å²) in [7, 11) is 0. The molecule has 1 heterocycles. The summed E-state index contributed by atoms with van der Waals surface area (Å²) < 4.78 is 0. The molecule has 0 bridgehead atoms. The van der Waals surface area contributed by atoms with Gasteiger partial charge in [-0.2, -0.15) is 0 Å². The molecule has 3 unspecified atom stereocenters. The van der Waals surface area contributed by atoms with Gasteiger partial charge in [0.2, 0.25) is 11.8 Å². The Hall–Kier alpha value is -1.06. The van der Waals surface area contributed by atoms with Crippen molar-refractivity contribution in [2.75, 3.05) is 6.54 Å². The Morgan fingerprint density at radius 1 is 1.31 bits per heavy atom. The van der Waals surface area contributed by atoms with Gasteiger partial charge in [-0.1, -0.05) is 0 Å². The van der Waals surface area contributed by atoms with Gasteiger partial charge in [-0.15, -0.1) is 0 Å². The first kappa shape index (κ1) is 10.1. The van der Waals surface area contributed by atoms with Gasteiger partial charge in [0.1, 0.15) is 0 Å². The van der Waals surface area contributed by atoms with E-state index in [0.717, 1.165) is 31.1 Å². The van der Waals surface area contributed by atoms with Gasteiger partial charge < -0.3 is 10.6 Å². The lowest BCUT2D eigenvalue weighted by molar-refractivity contribution is -0.125. The quantitative estimate of drug-likeness (QED) is 0.727. The number of amides is 2. The average Bonchev–Trinajstić information content (AvgIpc) is 2.71. The number of carbonyl (C=O) groups excluding carboxylic acids is 2. The summed E-state index contributed by atoms with van der Waals surface area (Å²) in [6.07, 6.45) is 4.99. The van der Waals surface area contributed by atoms with Gasteiger partial charge in [-0.25, -0.2) is 0 Å². The molecule has 2 amide bonds. The van der Waals surface area contributed by atoms with Crippen LogP contribution in [0.5, 0.6) is 0 Å². The summed E-state index contributed by atoms with van der Waals surface area (Å²) in [5.41, 5.74) is 0. The van der Waals surface area contributed by atoms with Crippen LogP contribution in [0, 0.1) is 17.8 Å². The summed E-state index contributed by atoms with van der Waals surface area (Å²) >= 11 is 0. The summed E-state index contributed by atoms with van der Waals surface area (Å²) in [6.45, 7) is 0.608. The lowest BCUT2D eigenvalue weighted by atomic mass is 10.0. The van der Waals surface area contributed by atoms with E-state index in [9.17, 15) is 9.59 Å². The summed E-state index contributed by atoms with van der Waals surface area (Å²) in [6, 6.07) is 0.160. The Morgan fingerprint density at radius 3 is 2.69 bits per heavy atom. The van der Waals surface area contributed by atoms with Crippen molar-refractivity contribution in [2.45, 2.75) is 38.1 Å². The molecule has 0 aromatic rings. The predicted octanol–water partition coefficient (Wildman–Crippen LogP) is 0.427. The van der Waals surface area contributed by atoms with Gasteiger partial charge in [-0.05, 0) is 37.5 Å². The van der Waals surface area contributed by atoms with Gasteiger partial charge in [0.25, 0.3) is 0 Å². The third-order valence-corrected chi connectivity index (χ3v) is 4.22. The van der Waals surface area contributed by atoms with E-state index in [0.29, 0.717) is 13.0 Å². The van der Waals surface area contributed by atoms with E-state index < -0.39 is 0 Å². The summed E-state index contributed by atoms with van der Waals surface area (Å²) in [5, 5.41) is 5.84. The zero-order chi connectivity index (χ0) is 11.1. The zero-order valence-electron chi connectivity index (χ0n) is 9.37. The number of hydrogen-bond donors (Lipinski definition) is 2. The molecule has 88 valence electrons. The largest absolute Gasteiger partial charge is 0.354 e. The van der Waals surface area contributed by atoms with Crippen molar-refractivity contribution in [3.05, 3.63) is 0 Å². The van der Waals surface area contributed by atoms with E-state index >= 15 is 0 Å². The maximum Gasteiger partial charge on any atom is 0.223 e. The Kier molecular flexibility index (Phi) is 2.37. The molecule has 2 N–H and O–H groups in total. The minimum atomic E-state index is 0.112. The fourth-order valence-corrected chi connectivity index (χ4v) is 3.13. The van der Waals surface area contributed by atoms with E-state index in [-0.39, 0.29) is 23.8 Å². The van der Waals surface area contributed by atoms with Gasteiger partial charge in [0, 0.05) is 24.9 Å². The molecule has 0 spiro atoms. The molecule has 4 heteroatoms. The van der Waals surface area contributed by atoms with Crippen molar-refractivity contribution < 1.29 is 9.59 Å². The lowest BCUT2D eigenvalue weighted by Gasteiger charge is -2.15. The molecule has 1 aliphatic heterocycles. The fraction of sp³-hybridized carbons (Fsp3) is 0.833. The van der Waals surface area contributed by atoms with Crippen molar-refractivity contribution >= 4 is 11.8 Å². The predicted molar refractivity (Wildman–Crippen MR) is 58.5 cm³/mol. The van der Waals surface area contributed by atoms with Crippen LogP contribution in [-0.2, 0) is 9.59 Å². The van der Waals surface area contributed by atoms with Gasteiger partial charge in [-0.3, -0.25) is 9.59 Å². The molecule has 0 radical (unpaired) electrons. The average molecular weight is 222 g/mol. The van der Waals surface area contributed by atoms with E-state index in [1.807, 2.05) is 0 Å². The number of hydrogen-bond acceptors (Lipinski definition) is 2. The summed E-state index contributed by atoms with van der Waals surface area (Å²) in [5.74, 6) is 2.26. The second kappa shape index (κ2) is 3.75. The third kappa shape index (κ3) is 1.93. The second-order valence-corrected chi connectivity index (χ2v) is 5.47. The number of fused-ring (bicyclic) bond motifs is 1. The smallest absolute Gasteiger partial charge is 0.223 e. The lowest BCUT2D eigenvalue weighted by Crippen LogP contribution is -2.40. The van der Waals surface area contributed by atoms with E-state index in [4.69, 9.17) is 0 Å². The van der Waals surface area contributed by atoms with E-state index in [1.165, 1.54) is 6.42 Å². The van der Waals surface area contributed by atoms with Gasteiger partial charge in [0.05, 0.1) is 0 Å². The molecule has 3 rings (SSSR count). The molecule has 3 aliphatic rings. The third-order valence-electron chi connectivity index (χ3n) is 4.22. The van der Waals surface area contributed by atoms with Gasteiger partial charge >= 0.3 is 0 Å². The van der Waals surface area contributed by atoms with E-state index in [2.05, 4.69) is 10.6 Å². The minimum Gasteiger partial charge on any atom is -0.354 e. The van der Waals surface area contributed by atoms with Crippen LogP contribution >= 0.6 is 0 Å². The first-order chi connectivity index (χ1) is 7.72. The van der Waals surface area contributed by atoms with Crippen LogP contribution in [0.1, 0.15) is 32.1 Å². The maximum absolute atomic E-state index is 11.8. The van der Waals surface area contributed by atoms with Crippen molar-refractivity contribution in [2.24, 2.45) is 17.8 Å². The highest BCUT2D eigenvalue weighted by Gasteiger charge is 2.47. The Bertz CT molecular complexity index is 319. The monoisotopic (exact) mass is 222 g/mol. The van der Waals surface area contributed by atoms with Crippen LogP contribution in [0.2, 0.25) is 0 Å². The molecule has 4 nitrogen and oxygen atoms in total. The van der Waals surface area contributed by atoms with Crippen molar-refractivity contribution in [3.63, 3.8) is 0 Å². The molecule has 1 saturated heterocycles. The molecule has 16 heavy (non-hydrogen) atoms. The molecule has 3 atom stereocenters. The second-order valence-electron chi connectivity index (χ2n) is 5.47. The van der Waals surface area contributed by atoms with Crippen LogP contribution < -0.4 is 10.6 Å². The highest BCUT2D eigenvalue weighted by atomic mass is 16.2. The van der Waals surface area contributed by atoms with Crippen molar-refractivity contribution in [1.82, 2.24) is 10.6 Å². The Morgan fingerprint density at radius 2 is 2.06 bits per heavy atom. The first-order valence-electron chi connectivity index (χ1n) is 6.29. The normalized spacial score (nSPS) is 40.4. The molecular weight excluding hydrogens is 204 g/mol. The van der Waals surface area contributed by atoms with Crippen LogP contribution in [0.25, 0.3) is 0 Å². The molecule has 2 saturated carbocycles. The Labute approximate surface area is 95.2 Å². The summed E-state index contributed by atoms with van der Waals surface area (Å²) in [4.78, 5) is 22.8. The number of carbonyl (C=O) groups is 2. The number of nitrogens with one attached hydrogen (secondary N) is 2. The van der Waals surface area contributed by atoms with Crippen LogP contribution in [0.15, 0.2) is 0 Å². The molecular formula is C12H18N2O2. The highest BCUT2D eigenvalue weighted by molar-refractivity contribution is 5.80. The minimum absolute atomic E-state index is 0.112. The molecule has 3 fully saturated rings. The maximum atomic E-state index is 11.8. The van der Waals surface area contributed by atoms with Crippen LogP contribution in [0.3, 0.4) is 0 Å². The highest BCUT2D eigenvalue weighted by Crippen LogP contribution is 2.54. The molecule has 0 aromatic heterocycles. The molecule has 2 aliphatic carbocycles. The Balaban J connectivity index is 1.41. The van der Waals surface area contributed by atoms with Crippen molar-refractivity contribution in [1.29, 1.82) is 0 Å². The van der Waals surface area contributed by atoms with Gasteiger partial charge in [0.15, 0.2) is 0 Å². The standard InChI is InChI=1S/C12H18N2O2/c15-11-2-1-10(14-11)6-13-12(16)9-4-7-3-8(7)5-9/h7-10H,1-6H2,(H,13,16)(H,14,15). The van der Waals surface area contributed by atoms with Crippen LogP contribution in [-0.4, -0.2) is 24.4 Å². The zero-order valence-corrected chi connectivity index (χ0v) is 9.37. The van der Waals surface area contributed by atoms with Crippen molar-refractivity contribution in [3.8, 4) is 0 Å². The SMILES string of the molecule is O=C1CCC(CNC(=O)C2CC3CC3C2)N1. The number of rotatable bonds is 3. The van der Waals surface area contributed by atoms with Crippen LogP contribution in [0.4, 0.5) is 0 Å². The molecule has 0 aromatic carbocycles.